The maximum absolute atomic E-state index is 9.29. The van der Waals surface area contributed by atoms with Gasteiger partial charge in [0, 0.05) is 18.3 Å². The molecule has 1 fully saturated rings. The van der Waals surface area contributed by atoms with Gasteiger partial charge in [0.15, 0.2) is 0 Å². The van der Waals surface area contributed by atoms with Crippen LogP contribution in [0.15, 0.2) is 18.3 Å². The lowest BCUT2D eigenvalue weighted by Crippen LogP contribution is -2.33. The molecule has 21 heavy (non-hydrogen) atoms. The third kappa shape index (κ3) is 5.22. The van der Waals surface area contributed by atoms with Crippen LogP contribution in [0.3, 0.4) is 0 Å². The molecular formula is C16H26ClN3O. The molecule has 2 rings (SSSR count). The molecule has 0 spiro atoms. The van der Waals surface area contributed by atoms with Gasteiger partial charge in [0.2, 0.25) is 0 Å². The standard InChI is InChI=1S/C16H26ClN3O/c1-13(14-6-8-19-16(17)11-14)18-7-2-3-9-20-10-4-5-15(20)12-21/h6,8,11,13,15,18,21H,2-5,7,9-10,12H2,1H3. The SMILES string of the molecule is CC(NCCCCN1CCCC1CO)c1ccnc(Cl)c1. The number of pyridine rings is 1. The first-order chi connectivity index (χ1) is 10.2. The van der Waals surface area contributed by atoms with Crippen molar-refractivity contribution in [3.05, 3.63) is 29.0 Å². The number of halogens is 1. The maximum atomic E-state index is 9.29. The van der Waals surface area contributed by atoms with Crippen molar-refractivity contribution in [3.63, 3.8) is 0 Å². The van der Waals surface area contributed by atoms with Gasteiger partial charge < -0.3 is 10.4 Å². The van der Waals surface area contributed by atoms with Crippen molar-refractivity contribution in [2.75, 3.05) is 26.2 Å². The Morgan fingerprint density at radius 3 is 3.14 bits per heavy atom. The summed E-state index contributed by atoms with van der Waals surface area (Å²) in [5.74, 6) is 0. The van der Waals surface area contributed by atoms with Gasteiger partial charge in [-0.15, -0.1) is 0 Å². The fourth-order valence-electron chi connectivity index (χ4n) is 2.96. The van der Waals surface area contributed by atoms with Gasteiger partial charge in [-0.3, -0.25) is 4.90 Å². The number of likely N-dealkylation sites (tertiary alicyclic amines) is 1. The average Bonchev–Trinajstić information content (AvgIpc) is 2.94. The molecule has 0 aliphatic carbocycles. The van der Waals surface area contributed by atoms with Gasteiger partial charge in [-0.1, -0.05) is 11.6 Å². The quantitative estimate of drug-likeness (QED) is 0.572. The average molecular weight is 312 g/mol. The third-order valence-corrected chi connectivity index (χ3v) is 4.49. The number of nitrogens with zero attached hydrogens (tertiary/aromatic N) is 2. The molecule has 2 N–H and O–H groups in total. The second kappa shape index (κ2) is 8.69. The van der Waals surface area contributed by atoms with E-state index in [0.717, 1.165) is 32.5 Å². The van der Waals surface area contributed by atoms with E-state index in [0.29, 0.717) is 23.8 Å². The van der Waals surface area contributed by atoms with Crippen molar-refractivity contribution >= 4 is 11.6 Å². The van der Waals surface area contributed by atoms with Crippen LogP contribution in [0.4, 0.5) is 0 Å². The molecule has 2 heterocycles. The number of aliphatic hydroxyl groups is 1. The largest absolute Gasteiger partial charge is 0.395 e. The van der Waals surface area contributed by atoms with E-state index in [1.165, 1.54) is 18.4 Å². The van der Waals surface area contributed by atoms with E-state index in [1.807, 2.05) is 12.1 Å². The first-order valence-electron chi connectivity index (χ1n) is 7.90. The molecule has 118 valence electrons. The van der Waals surface area contributed by atoms with Crippen LogP contribution < -0.4 is 5.32 Å². The van der Waals surface area contributed by atoms with Crippen molar-refractivity contribution in [3.8, 4) is 0 Å². The minimum absolute atomic E-state index is 0.294. The fraction of sp³-hybridized carbons (Fsp3) is 0.688. The molecule has 1 saturated heterocycles. The fourth-order valence-corrected chi connectivity index (χ4v) is 3.14. The Balaban J connectivity index is 1.61. The van der Waals surface area contributed by atoms with Crippen LogP contribution in [0.5, 0.6) is 0 Å². The number of nitrogens with one attached hydrogen (secondary N) is 1. The second-order valence-corrected chi connectivity index (χ2v) is 6.20. The summed E-state index contributed by atoms with van der Waals surface area (Å²) < 4.78 is 0. The van der Waals surface area contributed by atoms with Gasteiger partial charge in [-0.25, -0.2) is 4.98 Å². The minimum Gasteiger partial charge on any atom is -0.395 e. The van der Waals surface area contributed by atoms with Gasteiger partial charge in [-0.05, 0) is 69.9 Å². The summed E-state index contributed by atoms with van der Waals surface area (Å²) in [5.41, 5.74) is 1.18. The molecule has 1 aliphatic rings. The summed E-state index contributed by atoms with van der Waals surface area (Å²) >= 11 is 5.91. The predicted molar refractivity (Wildman–Crippen MR) is 86.6 cm³/mol. The van der Waals surface area contributed by atoms with Crippen LogP contribution >= 0.6 is 11.6 Å². The number of aliphatic hydroxyl groups excluding tert-OH is 1. The summed E-state index contributed by atoms with van der Waals surface area (Å²) in [5, 5.41) is 13.4. The van der Waals surface area contributed by atoms with Crippen LogP contribution in [0.1, 0.15) is 44.2 Å². The van der Waals surface area contributed by atoms with Gasteiger partial charge >= 0.3 is 0 Å². The Morgan fingerprint density at radius 1 is 1.52 bits per heavy atom. The predicted octanol–water partition coefficient (Wildman–Crippen LogP) is 2.62. The Kier molecular flexibility index (Phi) is 6.90. The second-order valence-electron chi connectivity index (χ2n) is 5.81. The van der Waals surface area contributed by atoms with Gasteiger partial charge in [-0.2, -0.15) is 0 Å². The molecule has 0 radical (unpaired) electrons. The zero-order valence-electron chi connectivity index (χ0n) is 12.8. The van der Waals surface area contributed by atoms with Crippen LogP contribution in [0.25, 0.3) is 0 Å². The molecule has 1 aliphatic heterocycles. The van der Waals surface area contributed by atoms with E-state index in [9.17, 15) is 5.11 Å². The molecule has 0 aromatic carbocycles. The van der Waals surface area contributed by atoms with E-state index in [-0.39, 0.29) is 0 Å². The summed E-state index contributed by atoms with van der Waals surface area (Å²) in [4.78, 5) is 6.43. The van der Waals surface area contributed by atoms with Crippen molar-refractivity contribution in [1.29, 1.82) is 0 Å². The van der Waals surface area contributed by atoms with Crippen LogP contribution in [0, 0.1) is 0 Å². The van der Waals surface area contributed by atoms with Crippen LogP contribution in [-0.4, -0.2) is 47.3 Å². The molecule has 4 nitrogen and oxygen atoms in total. The number of unbranched alkanes of at least 4 members (excludes halogenated alkanes) is 1. The van der Waals surface area contributed by atoms with E-state index in [4.69, 9.17) is 11.6 Å². The molecule has 2 atom stereocenters. The third-order valence-electron chi connectivity index (χ3n) is 4.28. The Labute approximate surface area is 132 Å². The molecule has 1 aromatic heterocycles. The van der Waals surface area contributed by atoms with Crippen molar-refractivity contribution in [2.45, 2.75) is 44.7 Å². The monoisotopic (exact) mass is 311 g/mol. The van der Waals surface area contributed by atoms with E-state index < -0.39 is 0 Å². The highest BCUT2D eigenvalue weighted by Crippen LogP contribution is 2.17. The molecule has 2 unspecified atom stereocenters. The van der Waals surface area contributed by atoms with E-state index in [2.05, 4.69) is 22.1 Å². The smallest absolute Gasteiger partial charge is 0.129 e. The first kappa shape index (κ1) is 16.7. The Bertz CT molecular complexity index is 430. The Hall–Kier alpha value is -0.680. The van der Waals surface area contributed by atoms with Gasteiger partial charge in [0.25, 0.3) is 0 Å². The highest BCUT2D eigenvalue weighted by Gasteiger charge is 2.22. The lowest BCUT2D eigenvalue weighted by molar-refractivity contribution is 0.157. The zero-order valence-corrected chi connectivity index (χ0v) is 13.5. The van der Waals surface area contributed by atoms with Crippen molar-refractivity contribution in [1.82, 2.24) is 15.2 Å². The summed E-state index contributed by atoms with van der Waals surface area (Å²) in [6.45, 7) is 5.69. The molecule has 0 amide bonds. The van der Waals surface area contributed by atoms with Crippen molar-refractivity contribution in [2.24, 2.45) is 0 Å². The number of aromatic nitrogens is 1. The van der Waals surface area contributed by atoms with Crippen LogP contribution in [-0.2, 0) is 0 Å². The number of rotatable bonds is 8. The topological polar surface area (TPSA) is 48.4 Å². The highest BCUT2D eigenvalue weighted by molar-refractivity contribution is 6.29. The number of hydrogen-bond donors (Lipinski definition) is 2. The first-order valence-corrected chi connectivity index (χ1v) is 8.28. The summed E-state index contributed by atoms with van der Waals surface area (Å²) in [6, 6.07) is 4.60. The highest BCUT2D eigenvalue weighted by atomic mass is 35.5. The molecule has 5 heteroatoms. The zero-order chi connectivity index (χ0) is 15.1. The maximum Gasteiger partial charge on any atom is 0.129 e. The van der Waals surface area contributed by atoms with Crippen LogP contribution in [0.2, 0.25) is 5.15 Å². The van der Waals surface area contributed by atoms with Gasteiger partial charge in [0.05, 0.1) is 6.61 Å². The Morgan fingerprint density at radius 2 is 2.38 bits per heavy atom. The van der Waals surface area contributed by atoms with Crippen molar-refractivity contribution < 1.29 is 5.11 Å². The molecule has 0 saturated carbocycles. The minimum atomic E-state index is 0.294. The molecule has 1 aromatic rings. The van der Waals surface area contributed by atoms with E-state index >= 15 is 0 Å². The lowest BCUT2D eigenvalue weighted by Gasteiger charge is -2.22. The van der Waals surface area contributed by atoms with Gasteiger partial charge in [0.1, 0.15) is 5.15 Å². The van der Waals surface area contributed by atoms with E-state index in [1.54, 1.807) is 6.20 Å². The summed E-state index contributed by atoms with van der Waals surface area (Å²) in [7, 11) is 0. The molecule has 0 bridgehead atoms. The number of hydrogen-bond acceptors (Lipinski definition) is 4. The normalized spacial score (nSPS) is 20.8. The lowest BCUT2D eigenvalue weighted by atomic mass is 10.1. The molecular weight excluding hydrogens is 286 g/mol. The summed E-state index contributed by atoms with van der Waals surface area (Å²) in [6.07, 6.45) is 6.45.